The number of nitrogens with one attached hydrogen (secondary N) is 1. The van der Waals surface area contributed by atoms with E-state index in [9.17, 15) is 9.90 Å². The fraction of sp³-hybridized carbons (Fsp3) is 0.588. The van der Waals surface area contributed by atoms with Crippen LogP contribution in [-0.4, -0.2) is 23.2 Å². The number of hydrogen-bond acceptors (Lipinski definition) is 2. The first-order chi connectivity index (χ1) is 9.38. The monoisotopic (exact) mass is 275 g/mol. The Morgan fingerprint density at radius 3 is 2.35 bits per heavy atom. The molecule has 1 aliphatic carbocycles. The number of aliphatic hydroxyl groups is 1. The highest BCUT2D eigenvalue weighted by molar-refractivity contribution is 5.94. The van der Waals surface area contributed by atoms with Crippen LogP contribution in [0.25, 0.3) is 0 Å². The van der Waals surface area contributed by atoms with Crippen LogP contribution in [-0.2, 0) is 0 Å². The number of carbonyl (C=O) groups excluding carboxylic acids is 1. The third-order valence-corrected chi connectivity index (χ3v) is 4.27. The van der Waals surface area contributed by atoms with Crippen LogP contribution in [0.4, 0.5) is 0 Å². The average molecular weight is 275 g/mol. The van der Waals surface area contributed by atoms with Crippen molar-refractivity contribution in [3.05, 3.63) is 34.9 Å². The van der Waals surface area contributed by atoms with Gasteiger partial charge >= 0.3 is 0 Å². The van der Waals surface area contributed by atoms with Gasteiger partial charge in [0, 0.05) is 12.1 Å². The Balaban J connectivity index is 1.95. The quantitative estimate of drug-likeness (QED) is 0.891. The second kappa shape index (κ2) is 5.96. The average Bonchev–Trinajstić information content (AvgIpc) is 2.39. The lowest BCUT2D eigenvalue weighted by Gasteiger charge is -2.34. The Morgan fingerprint density at radius 1 is 1.25 bits per heavy atom. The van der Waals surface area contributed by atoms with Crippen molar-refractivity contribution < 1.29 is 9.90 Å². The van der Waals surface area contributed by atoms with Gasteiger partial charge in [-0.2, -0.15) is 0 Å². The van der Waals surface area contributed by atoms with E-state index in [1.807, 2.05) is 32.0 Å². The van der Waals surface area contributed by atoms with Crippen molar-refractivity contribution in [2.45, 2.75) is 52.1 Å². The second-order valence-electron chi connectivity index (χ2n) is 6.47. The predicted octanol–water partition coefficient (Wildman–Crippen LogP) is 2.97. The van der Waals surface area contributed by atoms with E-state index >= 15 is 0 Å². The topological polar surface area (TPSA) is 49.3 Å². The van der Waals surface area contributed by atoms with Gasteiger partial charge in [-0.25, -0.2) is 0 Å². The normalized spacial score (nSPS) is 26.3. The minimum absolute atomic E-state index is 0.0937. The highest BCUT2D eigenvalue weighted by Gasteiger charge is 2.32. The van der Waals surface area contributed by atoms with Crippen LogP contribution in [0, 0.1) is 19.8 Å². The zero-order valence-electron chi connectivity index (χ0n) is 12.7. The molecular weight excluding hydrogens is 250 g/mol. The molecule has 0 saturated heterocycles. The van der Waals surface area contributed by atoms with E-state index in [4.69, 9.17) is 0 Å². The molecule has 0 aliphatic heterocycles. The third kappa shape index (κ3) is 3.83. The van der Waals surface area contributed by atoms with Gasteiger partial charge in [0.05, 0.1) is 5.60 Å². The SMILES string of the molecule is Cc1cc(C)cc(C(=O)NCC2(O)CCC(C)CC2)c1. The molecule has 110 valence electrons. The molecule has 0 radical (unpaired) electrons. The van der Waals surface area contributed by atoms with Gasteiger partial charge in [-0.05, 0) is 57.6 Å². The maximum absolute atomic E-state index is 12.2. The van der Waals surface area contributed by atoms with Crippen LogP contribution in [0.15, 0.2) is 18.2 Å². The molecular formula is C17H25NO2. The van der Waals surface area contributed by atoms with Crippen LogP contribution >= 0.6 is 0 Å². The number of rotatable bonds is 3. The number of benzene rings is 1. The Morgan fingerprint density at radius 2 is 1.80 bits per heavy atom. The van der Waals surface area contributed by atoms with Gasteiger partial charge in [0.1, 0.15) is 0 Å². The van der Waals surface area contributed by atoms with Crippen LogP contribution in [0.5, 0.6) is 0 Å². The molecule has 1 saturated carbocycles. The maximum atomic E-state index is 12.2. The summed E-state index contributed by atoms with van der Waals surface area (Å²) in [4.78, 5) is 12.2. The fourth-order valence-electron chi connectivity index (χ4n) is 2.93. The first-order valence-corrected chi connectivity index (χ1v) is 7.47. The van der Waals surface area contributed by atoms with Gasteiger partial charge < -0.3 is 10.4 Å². The summed E-state index contributed by atoms with van der Waals surface area (Å²) in [5.41, 5.74) is 2.12. The molecule has 1 aromatic carbocycles. The lowest BCUT2D eigenvalue weighted by atomic mass is 9.79. The zero-order valence-corrected chi connectivity index (χ0v) is 12.7. The van der Waals surface area contributed by atoms with Crippen LogP contribution < -0.4 is 5.32 Å². The molecule has 3 heteroatoms. The molecule has 20 heavy (non-hydrogen) atoms. The van der Waals surface area contributed by atoms with Gasteiger partial charge in [0.25, 0.3) is 5.91 Å². The summed E-state index contributed by atoms with van der Waals surface area (Å²) in [5, 5.41) is 13.4. The molecule has 0 spiro atoms. The van der Waals surface area contributed by atoms with Crippen LogP contribution in [0.3, 0.4) is 0 Å². The Labute approximate surface area is 121 Å². The number of amides is 1. The van der Waals surface area contributed by atoms with E-state index in [0.717, 1.165) is 36.8 Å². The summed E-state index contributed by atoms with van der Waals surface area (Å²) in [6, 6.07) is 5.82. The molecule has 0 heterocycles. The van der Waals surface area contributed by atoms with Crippen LogP contribution in [0.1, 0.15) is 54.1 Å². The van der Waals surface area contributed by atoms with Crippen molar-refractivity contribution in [1.82, 2.24) is 5.32 Å². The van der Waals surface area contributed by atoms with Gasteiger partial charge in [-0.1, -0.05) is 24.1 Å². The van der Waals surface area contributed by atoms with E-state index in [0.29, 0.717) is 18.0 Å². The van der Waals surface area contributed by atoms with Crippen molar-refractivity contribution in [1.29, 1.82) is 0 Å². The first-order valence-electron chi connectivity index (χ1n) is 7.47. The van der Waals surface area contributed by atoms with Crippen molar-refractivity contribution >= 4 is 5.91 Å². The summed E-state index contributed by atoms with van der Waals surface area (Å²) < 4.78 is 0. The smallest absolute Gasteiger partial charge is 0.251 e. The summed E-state index contributed by atoms with van der Waals surface area (Å²) in [6.45, 7) is 6.54. The molecule has 1 aromatic rings. The summed E-state index contributed by atoms with van der Waals surface area (Å²) >= 11 is 0. The van der Waals surface area contributed by atoms with E-state index in [1.54, 1.807) is 0 Å². The van der Waals surface area contributed by atoms with Crippen molar-refractivity contribution in [2.75, 3.05) is 6.54 Å². The first kappa shape index (κ1) is 15.0. The van der Waals surface area contributed by atoms with Crippen molar-refractivity contribution in [2.24, 2.45) is 5.92 Å². The Bertz CT molecular complexity index is 468. The molecule has 2 N–H and O–H groups in total. The van der Waals surface area contributed by atoms with Gasteiger partial charge in [-0.3, -0.25) is 4.79 Å². The molecule has 0 aromatic heterocycles. The highest BCUT2D eigenvalue weighted by atomic mass is 16.3. The molecule has 2 rings (SSSR count). The lowest BCUT2D eigenvalue weighted by Crippen LogP contribution is -2.45. The predicted molar refractivity (Wildman–Crippen MR) is 80.8 cm³/mol. The molecule has 0 atom stereocenters. The maximum Gasteiger partial charge on any atom is 0.251 e. The molecule has 3 nitrogen and oxygen atoms in total. The number of carbonyl (C=O) groups is 1. The Kier molecular flexibility index (Phi) is 4.48. The standard InChI is InChI=1S/C17H25NO2/c1-12-4-6-17(20,7-5-12)11-18-16(19)15-9-13(2)8-14(3)10-15/h8-10,12,20H,4-7,11H2,1-3H3,(H,18,19). The van der Waals surface area contributed by atoms with Crippen molar-refractivity contribution in [3.63, 3.8) is 0 Å². The van der Waals surface area contributed by atoms with Crippen LogP contribution in [0.2, 0.25) is 0 Å². The third-order valence-electron chi connectivity index (χ3n) is 4.27. The minimum atomic E-state index is -0.721. The number of hydrogen-bond donors (Lipinski definition) is 2. The van der Waals surface area contributed by atoms with Gasteiger partial charge in [0.15, 0.2) is 0 Å². The molecule has 0 unspecified atom stereocenters. The van der Waals surface area contributed by atoms with Crippen molar-refractivity contribution in [3.8, 4) is 0 Å². The van der Waals surface area contributed by atoms with E-state index in [1.165, 1.54) is 0 Å². The zero-order chi connectivity index (χ0) is 14.8. The van der Waals surface area contributed by atoms with Gasteiger partial charge in [-0.15, -0.1) is 0 Å². The molecule has 1 fully saturated rings. The molecule has 1 amide bonds. The summed E-state index contributed by atoms with van der Waals surface area (Å²) in [5.74, 6) is 0.592. The van der Waals surface area contributed by atoms with E-state index in [2.05, 4.69) is 12.2 Å². The van der Waals surface area contributed by atoms with E-state index in [-0.39, 0.29) is 5.91 Å². The lowest BCUT2D eigenvalue weighted by molar-refractivity contribution is -0.00539. The fourth-order valence-corrected chi connectivity index (χ4v) is 2.93. The number of aryl methyl sites for hydroxylation is 2. The van der Waals surface area contributed by atoms with Gasteiger partial charge in [0.2, 0.25) is 0 Å². The second-order valence-corrected chi connectivity index (χ2v) is 6.47. The minimum Gasteiger partial charge on any atom is -0.388 e. The Hall–Kier alpha value is -1.35. The summed E-state index contributed by atoms with van der Waals surface area (Å²) in [7, 11) is 0. The van der Waals surface area contributed by atoms with E-state index < -0.39 is 5.60 Å². The largest absolute Gasteiger partial charge is 0.388 e. The molecule has 1 aliphatic rings. The summed E-state index contributed by atoms with van der Waals surface area (Å²) in [6.07, 6.45) is 3.63. The highest BCUT2D eigenvalue weighted by Crippen LogP contribution is 2.31. The molecule has 0 bridgehead atoms.